The van der Waals surface area contributed by atoms with E-state index in [9.17, 15) is 18.8 Å². The number of benzene rings is 2. The van der Waals surface area contributed by atoms with E-state index in [-0.39, 0.29) is 23.1 Å². The van der Waals surface area contributed by atoms with Crippen molar-refractivity contribution < 1.29 is 14.0 Å². The number of hydrogen-bond acceptors (Lipinski definition) is 4. The number of fused-ring (bicyclic) bond motifs is 1. The molecular formula is C23H15ClFN3O3. The molecule has 2 aromatic heterocycles. The zero-order valence-electron chi connectivity index (χ0n) is 16.0. The van der Waals surface area contributed by atoms with Crippen molar-refractivity contribution in [2.75, 3.05) is 5.32 Å². The number of hydrogen-bond donors (Lipinski definition) is 1. The summed E-state index contributed by atoms with van der Waals surface area (Å²) in [6, 6.07) is 13.3. The quantitative estimate of drug-likeness (QED) is 0.479. The second-order valence-corrected chi connectivity index (χ2v) is 7.22. The number of carbonyl (C=O) groups excluding carboxylic acids is 2. The average molecular weight is 436 g/mol. The van der Waals surface area contributed by atoms with Crippen LogP contribution < -0.4 is 10.7 Å². The van der Waals surface area contributed by atoms with E-state index in [0.717, 1.165) is 6.07 Å². The van der Waals surface area contributed by atoms with Crippen molar-refractivity contribution in [3.63, 3.8) is 0 Å². The molecule has 0 saturated heterocycles. The number of ketones is 1. The van der Waals surface area contributed by atoms with E-state index >= 15 is 0 Å². The molecule has 1 amide bonds. The predicted octanol–water partition coefficient (Wildman–Crippen LogP) is 4.06. The SMILES string of the molecule is O=C(Cn1cc(C(=O)c2ccncc2)c(=O)c2cc(F)ccc21)Nc1cccc(Cl)c1. The first kappa shape index (κ1) is 20.4. The molecule has 0 aliphatic rings. The van der Waals surface area contributed by atoms with Gasteiger partial charge in [-0.2, -0.15) is 0 Å². The van der Waals surface area contributed by atoms with Gasteiger partial charge in [0.05, 0.1) is 11.1 Å². The van der Waals surface area contributed by atoms with Crippen LogP contribution in [-0.2, 0) is 11.3 Å². The van der Waals surface area contributed by atoms with Gasteiger partial charge < -0.3 is 9.88 Å². The number of anilines is 1. The second kappa shape index (κ2) is 8.49. The normalized spacial score (nSPS) is 10.8. The molecule has 0 bridgehead atoms. The number of nitrogens with one attached hydrogen (secondary N) is 1. The van der Waals surface area contributed by atoms with Gasteiger partial charge in [-0.15, -0.1) is 0 Å². The molecule has 1 N–H and O–H groups in total. The fraction of sp³-hybridized carbons (Fsp3) is 0.0435. The van der Waals surface area contributed by atoms with E-state index in [4.69, 9.17) is 11.6 Å². The first-order chi connectivity index (χ1) is 14.9. The van der Waals surface area contributed by atoms with Gasteiger partial charge in [-0.1, -0.05) is 17.7 Å². The van der Waals surface area contributed by atoms with Crippen molar-refractivity contribution in [2.45, 2.75) is 6.54 Å². The van der Waals surface area contributed by atoms with Crippen LogP contribution in [0.2, 0.25) is 5.02 Å². The van der Waals surface area contributed by atoms with Crippen molar-refractivity contribution in [1.82, 2.24) is 9.55 Å². The fourth-order valence-corrected chi connectivity index (χ4v) is 3.43. The van der Waals surface area contributed by atoms with E-state index in [1.165, 1.54) is 47.4 Å². The Labute approximate surface area is 180 Å². The Bertz CT molecular complexity index is 1370. The molecule has 154 valence electrons. The smallest absolute Gasteiger partial charge is 0.244 e. The van der Waals surface area contributed by atoms with Crippen LogP contribution in [0, 0.1) is 5.82 Å². The third kappa shape index (κ3) is 4.36. The zero-order valence-corrected chi connectivity index (χ0v) is 16.8. The van der Waals surface area contributed by atoms with Crippen LogP contribution in [0.1, 0.15) is 15.9 Å². The summed E-state index contributed by atoms with van der Waals surface area (Å²) in [4.78, 5) is 42.3. The van der Waals surface area contributed by atoms with Crippen molar-refractivity contribution in [3.05, 3.63) is 105 Å². The highest BCUT2D eigenvalue weighted by Crippen LogP contribution is 2.18. The highest BCUT2D eigenvalue weighted by molar-refractivity contribution is 6.30. The van der Waals surface area contributed by atoms with Crippen LogP contribution in [0.15, 0.2) is 78.0 Å². The van der Waals surface area contributed by atoms with Crippen LogP contribution in [-0.4, -0.2) is 21.2 Å². The average Bonchev–Trinajstić information content (AvgIpc) is 2.76. The van der Waals surface area contributed by atoms with E-state index in [1.54, 1.807) is 24.3 Å². The zero-order chi connectivity index (χ0) is 22.0. The number of aromatic nitrogens is 2. The minimum atomic E-state index is -0.618. The Morgan fingerprint density at radius 2 is 1.84 bits per heavy atom. The lowest BCUT2D eigenvalue weighted by Crippen LogP contribution is -2.24. The molecule has 0 spiro atoms. The van der Waals surface area contributed by atoms with Gasteiger partial charge in [-0.05, 0) is 48.5 Å². The van der Waals surface area contributed by atoms with Gasteiger partial charge in [0.1, 0.15) is 12.4 Å². The highest BCUT2D eigenvalue weighted by Gasteiger charge is 2.18. The number of pyridine rings is 2. The molecule has 4 rings (SSSR count). The van der Waals surface area contributed by atoms with Crippen molar-refractivity contribution in [3.8, 4) is 0 Å². The summed E-state index contributed by atoms with van der Waals surface area (Å²) in [5.74, 6) is -1.56. The largest absolute Gasteiger partial charge is 0.337 e. The molecule has 0 radical (unpaired) electrons. The summed E-state index contributed by atoms with van der Waals surface area (Å²) in [7, 11) is 0. The van der Waals surface area contributed by atoms with Crippen molar-refractivity contribution in [2.24, 2.45) is 0 Å². The molecule has 0 fully saturated rings. The monoisotopic (exact) mass is 435 g/mol. The van der Waals surface area contributed by atoms with E-state index in [2.05, 4.69) is 10.3 Å². The lowest BCUT2D eigenvalue weighted by molar-refractivity contribution is -0.116. The summed E-state index contributed by atoms with van der Waals surface area (Å²) in [6.45, 7) is -0.203. The van der Waals surface area contributed by atoms with E-state index in [0.29, 0.717) is 16.2 Å². The maximum Gasteiger partial charge on any atom is 0.244 e. The molecule has 0 atom stereocenters. The predicted molar refractivity (Wildman–Crippen MR) is 116 cm³/mol. The summed E-state index contributed by atoms with van der Waals surface area (Å²) < 4.78 is 15.3. The number of amides is 1. The van der Waals surface area contributed by atoms with Gasteiger partial charge >= 0.3 is 0 Å². The van der Waals surface area contributed by atoms with Crippen LogP contribution in [0.25, 0.3) is 10.9 Å². The summed E-state index contributed by atoms with van der Waals surface area (Å²) >= 11 is 5.94. The number of nitrogens with zero attached hydrogens (tertiary/aromatic N) is 2. The molecule has 0 unspecified atom stereocenters. The van der Waals surface area contributed by atoms with Gasteiger partial charge in [-0.25, -0.2) is 4.39 Å². The van der Waals surface area contributed by atoms with Gasteiger partial charge in [0.15, 0.2) is 5.78 Å². The molecule has 4 aromatic rings. The second-order valence-electron chi connectivity index (χ2n) is 6.78. The minimum Gasteiger partial charge on any atom is -0.337 e. The standard InChI is InChI=1S/C23H15ClFN3O3/c24-15-2-1-3-17(10-15)27-21(29)13-28-12-19(22(30)14-6-8-26-9-7-14)23(31)18-11-16(25)4-5-20(18)28/h1-12H,13H2,(H,27,29). The van der Waals surface area contributed by atoms with E-state index in [1.807, 2.05) is 0 Å². The van der Waals surface area contributed by atoms with Gasteiger partial charge in [0.2, 0.25) is 11.3 Å². The lowest BCUT2D eigenvalue weighted by atomic mass is 10.0. The summed E-state index contributed by atoms with van der Waals surface area (Å²) in [6.07, 6.45) is 4.19. The van der Waals surface area contributed by atoms with E-state index < -0.39 is 22.9 Å². The van der Waals surface area contributed by atoms with Crippen molar-refractivity contribution >= 4 is 39.9 Å². The number of rotatable bonds is 5. The Morgan fingerprint density at radius 1 is 1.06 bits per heavy atom. The topological polar surface area (TPSA) is 81.1 Å². The number of carbonyl (C=O) groups is 2. The van der Waals surface area contributed by atoms with Gasteiger partial charge in [0, 0.05) is 40.3 Å². The third-order valence-electron chi connectivity index (χ3n) is 4.65. The minimum absolute atomic E-state index is 0.00969. The van der Waals surface area contributed by atoms with Crippen LogP contribution >= 0.6 is 11.6 Å². The first-order valence-electron chi connectivity index (χ1n) is 9.25. The maximum atomic E-state index is 13.9. The third-order valence-corrected chi connectivity index (χ3v) is 4.89. The summed E-state index contributed by atoms with van der Waals surface area (Å²) in [5.41, 5.74) is 0.321. The van der Waals surface area contributed by atoms with Crippen LogP contribution in [0.3, 0.4) is 0 Å². The number of halogens is 2. The molecule has 0 aliphatic carbocycles. The lowest BCUT2D eigenvalue weighted by Gasteiger charge is -2.14. The molecule has 2 aromatic carbocycles. The Morgan fingerprint density at radius 3 is 2.58 bits per heavy atom. The first-order valence-corrected chi connectivity index (χ1v) is 9.63. The molecular weight excluding hydrogens is 421 g/mol. The molecule has 0 saturated carbocycles. The molecule has 31 heavy (non-hydrogen) atoms. The summed E-state index contributed by atoms with van der Waals surface area (Å²) in [5, 5.41) is 3.19. The van der Waals surface area contributed by atoms with Gasteiger partial charge in [0.25, 0.3) is 0 Å². The molecule has 6 nitrogen and oxygen atoms in total. The fourth-order valence-electron chi connectivity index (χ4n) is 3.24. The molecule has 2 heterocycles. The maximum absolute atomic E-state index is 13.9. The Hall–Kier alpha value is -3.84. The van der Waals surface area contributed by atoms with Crippen LogP contribution in [0.4, 0.5) is 10.1 Å². The van der Waals surface area contributed by atoms with Gasteiger partial charge in [-0.3, -0.25) is 19.4 Å². The molecule has 0 aliphatic heterocycles. The Balaban J connectivity index is 1.77. The highest BCUT2D eigenvalue weighted by atomic mass is 35.5. The molecule has 8 heteroatoms. The van der Waals surface area contributed by atoms with Crippen LogP contribution in [0.5, 0.6) is 0 Å². The Kier molecular flexibility index (Phi) is 5.60. The van der Waals surface area contributed by atoms with Crippen molar-refractivity contribution in [1.29, 1.82) is 0 Å².